The Hall–Kier alpha value is -1.07. The molecule has 1 heterocycles. The Kier molecular flexibility index (Phi) is 14.1. The third-order valence-electron chi connectivity index (χ3n) is 6.82. The fraction of sp³-hybridized carbons (Fsp3) is 0.885. The van der Waals surface area contributed by atoms with Crippen LogP contribution in [0.1, 0.15) is 79.1 Å². The summed E-state index contributed by atoms with van der Waals surface area (Å²) < 4.78 is 0. The lowest BCUT2D eigenvalue weighted by molar-refractivity contribution is -0.132. The number of likely N-dealkylation sites (tertiary alicyclic amines) is 1. The fourth-order valence-electron chi connectivity index (χ4n) is 4.77. The molecule has 0 aromatic rings. The van der Waals surface area contributed by atoms with Crippen LogP contribution in [0.3, 0.4) is 0 Å². The maximum absolute atomic E-state index is 12.8. The minimum atomic E-state index is -0.0379. The number of carbonyl (C=O) groups is 1. The van der Waals surface area contributed by atoms with E-state index in [0.29, 0.717) is 12.5 Å². The Morgan fingerprint density at radius 1 is 1.16 bits per heavy atom. The average molecular weight is 437 g/mol. The van der Waals surface area contributed by atoms with E-state index in [4.69, 9.17) is 0 Å². The second-order valence-corrected chi connectivity index (χ2v) is 9.83. The number of rotatable bonds is 16. The average Bonchev–Trinajstić information content (AvgIpc) is 2.92. The Balaban J connectivity index is 2.55. The fourth-order valence-corrected chi connectivity index (χ4v) is 4.77. The van der Waals surface area contributed by atoms with Gasteiger partial charge in [-0.05, 0) is 71.0 Å². The molecule has 1 aliphatic rings. The maximum Gasteiger partial charge on any atom is 0.240 e. The van der Waals surface area contributed by atoms with Gasteiger partial charge in [-0.3, -0.25) is 4.79 Å². The van der Waals surface area contributed by atoms with Crippen molar-refractivity contribution in [1.29, 1.82) is 0 Å². The molecular weight excluding hydrogens is 384 g/mol. The maximum atomic E-state index is 12.8. The monoisotopic (exact) mass is 436 g/mol. The number of nitrogens with zero attached hydrogens (tertiary/aromatic N) is 3. The van der Waals surface area contributed by atoms with Crippen molar-refractivity contribution in [2.24, 2.45) is 11.8 Å². The highest BCUT2D eigenvalue weighted by molar-refractivity contribution is 5.82. The Labute approximate surface area is 193 Å². The summed E-state index contributed by atoms with van der Waals surface area (Å²) in [5.41, 5.74) is 1.10. The second kappa shape index (κ2) is 15.7. The van der Waals surface area contributed by atoms with Crippen molar-refractivity contribution >= 4 is 5.91 Å². The van der Waals surface area contributed by atoms with Gasteiger partial charge < -0.3 is 20.0 Å². The predicted octanol–water partition coefficient (Wildman–Crippen LogP) is 4.60. The molecule has 5 heteroatoms. The summed E-state index contributed by atoms with van der Waals surface area (Å²) in [6.45, 7) is 19.5. The summed E-state index contributed by atoms with van der Waals surface area (Å²) >= 11 is 0. The number of hydrogen-bond acceptors (Lipinski definition) is 4. The quantitative estimate of drug-likeness (QED) is 0.384. The van der Waals surface area contributed by atoms with Gasteiger partial charge in [0.1, 0.15) is 0 Å². The van der Waals surface area contributed by atoms with Crippen LogP contribution in [0.4, 0.5) is 0 Å². The molecule has 5 nitrogen and oxygen atoms in total. The zero-order valence-corrected chi connectivity index (χ0v) is 21.6. The zero-order chi connectivity index (χ0) is 23.2. The van der Waals surface area contributed by atoms with Crippen molar-refractivity contribution in [3.63, 3.8) is 0 Å². The van der Waals surface area contributed by atoms with Gasteiger partial charge in [-0.1, -0.05) is 47.1 Å². The summed E-state index contributed by atoms with van der Waals surface area (Å²) in [6, 6.07) is -0.0379. The van der Waals surface area contributed by atoms with E-state index in [1.54, 1.807) is 0 Å². The van der Waals surface area contributed by atoms with Gasteiger partial charge in [-0.2, -0.15) is 0 Å². The van der Waals surface area contributed by atoms with Gasteiger partial charge in [0, 0.05) is 31.9 Å². The molecule has 0 radical (unpaired) electrons. The second-order valence-electron chi connectivity index (χ2n) is 9.83. The van der Waals surface area contributed by atoms with Gasteiger partial charge in [0.25, 0.3) is 0 Å². The molecule has 182 valence electrons. The topological polar surface area (TPSA) is 38.8 Å². The SMILES string of the molecule is C=C(CN1CCCC[C@H](NC)C1=O)N(CCC)CC(C)CCN(C)CC(CC)CCC. The van der Waals surface area contributed by atoms with Gasteiger partial charge >= 0.3 is 0 Å². The van der Waals surface area contributed by atoms with Crippen LogP contribution in [0.25, 0.3) is 0 Å². The van der Waals surface area contributed by atoms with Crippen molar-refractivity contribution in [2.75, 3.05) is 53.4 Å². The molecule has 1 rings (SSSR count). The molecule has 0 bridgehead atoms. The molecule has 1 fully saturated rings. The van der Waals surface area contributed by atoms with Gasteiger partial charge in [0.05, 0.1) is 12.6 Å². The molecule has 0 spiro atoms. The summed E-state index contributed by atoms with van der Waals surface area (Å²) in [6.07, 6.45) is 9.35. The lowest BCUT2D eigenvalue weighted by Gasteiger charge is -2.33. The first-order valence-electron chi connectivity index (χ1n) is 12.9. The molecular formula is C26H52N4O. The number of amides is 1. The first-order chi connectivity index (χ1) is 14.9. The predicted molar refractivity (Wildman–Crippen MR) is 134 cm³/mol. The lowest BCUT2D eigenvalue weighted by atomic mass is 10.00. The molecule has 1 saturated heterocycles. The Morgan fingerprint density at radius 3 is 2.52 bits per heavy atom. The molecule has 0 aliphatic carbocycles. The highest BCUT2D eigenvalue weighted by Gasteiger charge is 2.26. The van der Waals surface area contributed by atoms with E-state index in [1.165, 1.54) is 32.2 Å². The van der Waals surface area contributed by atoms with E-state index < -0.39 is 0 Å². The van der Waals surface area contributed by atoms with Crippen LogP contribution in [0.15, 0.2) is 12.3 Å². The third-order valence-corrected chi connectivity index (χ3v) is 6.82. The Bertz CT molecular complexity index is 510. The van der Waals surface area contributed by atoms with Gasteiger partial charge in [0.2, 0.25) is 5.91 Å². The largest absolute Gasteiger partial charge is 0.374 e. The van der Waals surface area contributed by atoms with E-state index >= 15 is 0 Å². The van der Waals surface area contributed by atoms with E-state index in [0.717, 1.165) is 63.5 Å². The van der Waals surface area contributed by atoms with E-state index in [-0.39, 0.29) is 11.9 Å². The summed E-state index contributed by atoms with van der Waals surface area (Å²) in [4.78, 5) is 19.8. The number of nitrogens with one attached hydrogen (secondary N) is 1. The molecule has 1 aliphatic heterocycles. The van der Waals surface area contributed by atoms with E-state index in [2.05, 4.69) is 56.4 Å². The summed E-state index contributed by atoms with van der Waals surface area (Å²) in [5, 5.41) is 3.20. The van der Waals surface area contributed by atoms with E-state index in [9.17, 15) is 4.79 Å². The minimum Gasteiger partial charge on any atom is -0.374 e. The van der Waals surface area contributed by atoms with E-state index in [1.807, 2.05) is 11.9 Å². The van der Waals surface area contributed by atoms with Crippen LogP contribution in [-0.2, 0) is 4.79 Å². The zero-order valence-electron chi connectivity index (χ0n) is 21.6. The number of likely N-dealkylation sites (N-methyl/N-ethyl adjacent to an activating group) is 1. The van der Waals surface area contributed by atoms with Crippen molar-refractivity contribution in [3.8, 4) is 0 Å². The molecule has 0 aromatic heterocycles. The minimum absolute atomic E-state index is 0.0379. The van der Waals surface area contributed by atoms with Gasteiger partial charge in [-0.25, -0.2) is 0 Å². The molecule has 2 unspecified atom stereocenters. The molecule has 0 saturated carbocycles. The standard InChI is InChI=1S/C26H52N4O/c1-8-13-24(10-3)21-28(7)18-15-22(4)19-29(16-9-2)23(5)20-30-17-12-11-14-25(27-6)26(30)31/h22,24-25,27H,5,8-21H2,1-4,6-7H3/t22?,24?,25-/m0/s1. The van der Waals surface area contributed by atoms with Crippen molar-refractivity contribution in [2.45, 2.75) is 85.1 Å². The normalized spacial score (nSPS) is 19.4. The number of hydrogen-bond donors (Lipinski definition) is 1. The summed E-state index contributed by atoms with van der Waals surface area (Å²) in [5.74, 6) is 1.68. The van der Waals surface area contributed by atoms with Crippen molar-refractivity contribution < 1.29 is 4.79 Å². The molecule has 31 heavy (non-hydrogen) atoms. The third kappa shape index (κ3) is 10.4. The molecule has 1 amide bonds. The van der Waals surface area contributed by atoms with Crippen LogP contribution in [0.5, 0.6) is 0 Å². The number of carbonyl (C=O) groups excluding carboxylic acids is 1. The Morgan fingerprint density at radius 2 is 1.90 bits per heavy atom. The molecule has 3 atom stereocenters. The van der Waals surface area contributed by atoms with Crippen LogP contribution < -0.4 is 5.32 Å². The highest BCUT2D eigenvalue weighted by Crippen LogP contribution is 2.18. The van der Waals surface area contributed by atoms with Crippen LogP contribution >= 0.6 is 0 Å². The van der Waals surface area contributed by atoms with Gasteiger partial charge in [0.15, 0.2) is 0 Å². The lowest BCUT2D eigenvalue weighted by Crippen LogP contribution is -2.46. The van der Waals surface area contributed by atoms with Crippen LogP contribution in [-0.4, -0.2) is 80.0 Å². The smallest absolute Gasteiger partial charge is 0.240 e. The first-order valence-corrected chi connectivity index (χ1v) is 12.9. The first kappa shape index (κ1) is 28.0. The van der Waals surface area contributed by atoms with Crippen molar-refractivity contribution in [1.82, 2.24) is 20.0 Å². The summed E-state index contributed by atoms with van der Waals surface area (Å²) in [7, 11) is 4.17. The van der Waals surface area contributed by atoms with Crippen molar-refractivity contribution in [3.05, 3.63) is 12.3 Å². The van der Waals surface area contributed by atoms with Crippen LogP contribution in [0.2, 0.25) is 0 Å². The molecule has 1 N–H and O–H groups in total. The molecule has 0 aromatic carbocycles. The highest BCUT2D eigenvalue weighted by atomic mass is 16.2. The van der Waals surface area contributed by atoms with Gasteiger partial charge in [-0.15, -0.1) is 0 Å². The van der Waals surface area contributed by atoms with Crippen LogP contribution in [0, 0.1) is 11.8 Å².